The molecule has 2 N–H and O–H groups in total. The lowest BCUT2D eigenvalue weighted by Crippen LogP contribution is -2.56. The summed E-state index contributed by atoms with van der Waals surface area (Å²) in [6.07, 6.45) is 3.55. The van der Waals surface area contributed by atoms with Crippen molar-refractivity contribution in [2.45, 2.75) is 18.6 Å². The summed E-state index contributed by atoms with van der Waals surface area (Å²) in [6.45, 7) is 3.28. The number of hydrogen-bond donors (Lipinski definition) is 1. The summed E-state index contributed by atoms with van der Waals surface area (Å²) in [5, 5.41) is 0. The normalized spacial score (nSPS) is 26.5. The van der Waals surface area contributed by atoms with Crippen molar-refractivity contribution in [3.8, 4) is 0 Å². The number of nitrogens with two attached hydrogens (primary N) is 1. The molecule has 6 nitrogen and oxygen atoms in total. The van der Waals surface area contributed by atoms with Gasteiger partial charge >= 0.3 is 0 Å². The third-order valence-electron chi connectivity index (χ3n) is 4.14. The number of nitrogen functional groups attached to an aromatic ring is 1. The summed E-state index contributed by atoms with van der Waals surface area (Å²) in [6, 6.07) is 0.414. The first-order valence-electron chi connectivity index (χ1n) is 6.89. The number of anilines is 2. The molecule has 3 atom stereocenters. The van der Waals surface area contributed by atoms with Crippen LogP contribution in [-0.4, -0.2) is 54.3 Å². The van der Waals surface area contributed by atoms with Gasteiger partial charge in [-0.05, 0) is 22.4 Å². The van der Waals surface area contributed by atoms with Crippen LogP contribution in [0.25, 0.3) is 0 Å². The van der Waals surface area contributed by atoms with E-state index in [0.717, 1.165) is 49.1 Å². The van der Waals surface area contributed by atoms with Crippen molar-refractivity contribution in [3.05, 3.63) is 16.2 Å². The molecular weight excluding hydrogens is 355 g/mol. The second-order valence-electron chi connectivity index (χ2n) is 5.32. The number of rotatable bonds is 2. The molecule has 2 fully saturated rings. The number of ether oxygens (including phenoxy) is 1. The first-order valence-corrected chi connectivity index (χ1v) is 8.19. The van der Waals surface area contributed by atoms with Crippen molar-refractivity contribution in [2.24, 2.45) is 0 Å². The maximum Gasteiger partial charge on any atom is 0.155 e. The lowest BCUT2D eigenvalue weighted by Gasteiger charge is -2.46. The highest BCUT2D eigenvalue weighted by atomic mass is 79.9. The van der Waals surface area contributed by atoms with Gasteiger partial charge in [-0.25, -0.2) is 4.98 Å². The summed E-state index contributed by atoms with van der Waals surface area (Å²) in [5.41, 5.74) is 7.09. The number of carbonyl (C=O) groups is 1. The van der Waals surface area contributed by atoms with Crippen molar-refractivity contribution >= 4 is 43.1 Å². The number of morpholine rings is 1. The SMILES string of the molecule is Nc1ncc(Br)c(N2CCC3[C@H](C2)OCCN3P)c1C=O. The van der Waals surface area contributed by atoms with Gasteiger partial charge in [-0.3, -0.25) is 9.46 Å². The molecule has 3 rings (SSSR count). The highest BCUT2D eigenvalue weighted by Crippen LogP contribution is 2.35. The molecule has 0 bridgehead atoms. The van der Waals surface area contributed by atoms with E-state index in [0.29, 0.717) is 11.6 Å². The molecule has 114 valence electrons. The van der Waals surface area contributed by atoms with Gasteiger partial charge in [0, 0.05) is 31.9 Å². The van der Waals surface area contributed by atoms with Crippen molar-refractivity contribution in [1.82, 2.24) is 9.65 Å². The van der Waals surface area contributed by atoms with Gasteiger partial charge in [-0.2, -0.15) is 0 Å². The molecule has 0 amide bonds. The van der Waals surface area contributed by atoms with E-state index in [1.54, 1.807) is 6.20 Å². The summed E-state index contributed by atoms with van der Waals surface area (Å²) in [7, 11) is 2.79. The molecule has 3 heterocycles. The maximum atomic E-state index is 11.4. The average Bonchev–Trinajstić information content (AvgIpc) is 2.49. The lowest BCUT2D eigenvalue weighted by molar-refractivity contribution is -0.0424. The Hall–Kier alpha value is -0.750. The van der Waals surface area contributed by atoms with Crippen molar-refractivity contribution in [1.29, 1.82) is 0 Å². The number of carbonyl (C=O) groups excluding carboxylic acids is 1. The summed E-state index contributed by atoms with van der Waals surface area (Å²) in [5.74, 6) is 0.266. The Morgan fingerprint density at radius 1 is 1.52 bits per heavy atom. The molecule has 8 heteroatoms. The van der Waals surface area contributed by atoms with Gasteiger partial charge in [0.15, 0.2) is 6.29 Å². The molecule has 0 saturated carbocycles. The second kappa shape index (κ2) is 6.16. The third kappa shape index (κ3) is 2.80. The zero-order valence-electron chi connectivity index (χ0n) is 11.5. The number of hydrogen-bond acceptors (Lipinski definition) is 6. The molecule has 1 aromatic heterocycles. The topological polar surface area (TPSA) is 71.7 Å². The van der Waals surface area contributed by atoms with E-state index in [2.05, 4.69) is 39.9 Å². The van der Waals surface area contributed by atoms with Crippen LogP contribution in [0.5, 0.6) is 0 Å². The number of aldehydes is 1. The Balaban J connectivity index is 1.89. The monoisotopic (exact) mass is 372 g/mol. The highest BCUT2D eigenvalue weighted by molar-refractivity contribution is 9.10. The highest BCUT2D eigenvalue weighted by Gasteiger charge is 2.36. The zero-order valence-corrected chi connectivity index (χ0v) is 14.3. The summed E-state index contributed by atoms with van der Waals surface area (Å²) >= 11 is 3.48. The van der Waals surface area contributed by atoms with Crippen LogP contribution in [0.3, 0.4) is 0 Å². The van der Waals surface area contributed by atoms with Crippen LogP contribution in [0.15, 0.2) is 10.7 Å². The minimum Gasteiger partial charge on any atom is -0.383 e. The molecule has 1 aromatic rings. The predicted octanol–water partition coefficient (Wildman–Crippen LogP) is 1.31. The van der Waals surface area contributed by atoms with Crippen molar-refractivity contribution in [3.63, 3.8) is 0 Å². The van der Waals surface area contributed by atoms with E-state index in [1.807, 2.05) is 0 Å². The molecule has 0 aromatic carbocycles. The molecule has 0 aliphatic carbocycles. The lowest BCUT2D eigenvalue weighted by atomic mass is 9.99. The maximum absolute atomic E-state index is 11.4. The van der Waals surface area contributed by atoms with E-state index in [9.17, 15) is 4.79 Å². The van der Waals surface area contributed by atoms with E-state index in [4.69, 9.17) is 10.5 Å². The second-order valence-corrected chi connectivity index (χ2v) is 6.84. The van der Waals surface area contributed by atoms with Crippen molar-refractivity contribution < 1.29 is 9.53 Å². The van der Waals surface area contributed by atoms with Crippen LogP contribution in [0, 0.1) is 0 Å². The van der Waals surface area contributed by atoms with E-state index < -0.39 is 0 Å². The largest absolute Gasteiger partial charge is 0.383 e. The van der Waals surface area contributed by atoms with E-state index in [1.165, 1.54) is 0 Å². The number of halogens is 1. The molecule has 21 heavy (non-hydrogen) atoms. The first kappa shape index (κ1) is 15.2. The number of aromatic nitrogens is 1. The minimum absolute atomic E-state index is 0.144. The first-order chi connectivity index (χ1) is 10.1. The minimum atomic E-state index is 0.144. The van der Waals surface area contributed by atoms with Gasteiger partial charge in [0.05, 0.1) is 28.4 Å². The van der Waals surface area contributed by atoms with Gasteiger partial charge in [0.1, 0.15) is 5.82 Å². The Morgan fingerprint density at radius 2 is 2.33 bits per heavy atom. The summed E-state index contributed by atoms with van der Waals surface area (Å²) < 4.78 is 8.97. The van der Waals surface area contributed by atoms with E-state index in [-0.39, 0.29) is 11.9 Å². The van der Waals surface area contributed by atoms with Gasteiger partial charge in [-0.1, -0.05) is 9.39 Å². The fourth-order valence-electron chi connectivity index (χ4n) is 3.07. The predicted molar refractivity (Wildman–Crippen MR) is 88.5 cm³/mol. The molecule has 2 aliphatic rings. The molecule has 2 saturated heterocycles. The summed E-state index contributed by atoms with van der Waals surface area (Å²) in [4.78, 5) is 17.6. The fourth-order valence-corrected chi connectivity index (χ4v) is 4.08. The number of nitrogens with zero attached hydrogens (tertiary/aromatic N) is 3. The Morgan fingerprint density at radius 3 is 3.10 bits per heavy atom. The molecule has 2 unspecified atom stereocenters. The zero-order chi connectivity index (χ0) is 15.0. The molecule has 0 spiro atoms. The van der Waals surface area contributed by atoms with Crippen LogP contribution < -0.4 is 10.6 Å². The van der Waals surface area contributed by atoms with Crippen molar-refractivity contribution in [2.75, 3.05) is 36.9 Å². The van der Waals surface area contributed by atoms with Gasteiger partial charge < -0.3 is 15.4 Å². The van der Waals surface area contributed by atoms with Crippen LogP contribution in [0.4, 0.5) is 11.5 Å². The molecule has 2 aliphatic heterocycles. The van der Waals surface area contributed by atoms with Gasteiger partial charge in [0.2, 0.25) is 0 Å². The van der Waals surface area contributed by atoms with Gasteiger partial charge in [-0.15, -0.1) is 0 Å². The average molecular weight is 373 g/mol. The molecule has 0 radical (unpaired) electrons. The smallest absolute Gasteiger partial charge is 0.155 e. The molecular formula is C13H18BrN4O2P. The number of piperidine rings is 1. The quantitative estimate of drug-likeness (QED) is 0.623. The van der Waals surface area contributed by atoms with Gasteiger partial charge in [0.25, 0.3) is 0 Å². The van der Waals surface area contributed by atoms with Crippen LogP contribution in [0.1, 0.15) is 16.8 Å². The Kier molecular flexibility index (Phi) is 4.45. The standard InChI is InChI=1S/C13H18BrN4O2P/c14-9-5-16-13(15)8(7-19)12(9)17-2-1-10-11(6-17)20-4-3-18(10)21/h5,7,10-11H,1-4,6,21H2,(H2,15,16)/t10?,11-/m0/s1. The number of pyridine rings is 1. The Bertz CT molecular complexity index is 559. The third-order valence-corrected chi connectivity index (χ3v) is 5.36. The van der Waals surface area contributed by atoms with Crippen LogP contribution in [0.2, 0.25) is 0 Å². The Labute approximate surface area is 134 Å². The fraction of sp³-hybridized carbons (Fsp3) is 0.538. The number of fused-ring (bicyclic) bond motifs is 1. The van der Waals surface area contributed by atoms with Crippen LogP contribution in [-0.2, 0) is 4.74 Å². The van der Waals surface area contributed by atoms with E-state index >= 15 is 0 Å². The van der Waals surface area contributed by atoms with Crippen LogP contribution >= 0.6 is 25.3 Å².